The van der Waals surface area contributed by atoms with Gasteiger partial charge in [-0.1, -0.05) is 48.5 Å². The van der Waals surface area contributed by atoms with Gasteiger partial charge in [0.1, 0.15) is 6.29 Å². The topological polar surface area (TPSA) is 58.9 Å². The van der Waals surface area contributed by atoms with Crippen LogP contribution in [0.3, 0.4) is 0 Å². The number of nitrogens with one attached hydrogen (secondary N) is 1. The second kappa shape index (κ2) is 8.21. The van der Waals surface area contributed by atoms with E-state index in [1.165, 1.54) is 16.3 Å². The number of carbonyl (C=O) groups is 1. The van der Waals surface area contributed by atoms with Crippen molar-refractivity contribution in [2.24, 2.45) is 5.73 Å². The molecule has 0 radical (unpaired) electrons. The highest BCUT2D eigenvalue weighted by molar-refractivity contribution is 7.80. The lowest BCUT2D eigenvalue weighted by Gasteiger charge is -2.03. The van der Waals surface area contributed by atoms with Crippen LogP contribution in [0.15, 0.2) is 71.8 Å². The molecule has 0 bridgehead atoms. The maximum Gasteiger partial charge on any atom is 0.137 e. The Balaban J connectivity index is 0.000000152. The van der Waals surface area contributed by atoms with Crippen LogP contribution in [0.5, 0.6) is 0 Å². The van der Waals surface area contributed by atoms with Crippen LogP contribution in [0.2, 0.25) is 0 Å². The van der Waals surface area contributed by atoms with Crippen molar-refractivity contribution in [1.82, 2.24) is 4.98 Å². The Morgan fingerprint density at radius 2 is 1.65 bits per heavy atom. The molecule has 1 aromatic heterocycles. The summed E-state index contributed by atoms with van der Waals surface area (Å²) in [6.07, 6.45) is 3.28. The van der Waals surface area contributed by atoms with Gasteiger partial charge in [0.05, 0.1) is 6.04 Å². The molecule has 0 saturated carbocycles. The predicted molar refractivity (Wildman–Crippen MR) is 112 cm³/mol. The third kappa shape index (κ3) is 3.98. The molecule has 0 aliphatic carbocycles. The average molecular weight is 362 g/mol. The van der Waals surface area contributed by atoms with Crippen LogP contribution in [-0.4, -0.2) is 17.3 Å². The fourth-order valence-corrected chi connectivity index (χ4v) is 3.31. The number of fused-ring (bicyclic) bond motifs is 2. The molecule has 1 atom stereocenters. The van der Waals surface area contributed by atoms with E-state index in [1.807, 2.05) is 42.6 Å². The standard InChI is InChI=1S/C11H12N2O.C11H10S/c12-9(7-14)5-8-6-13-11-4-2-1-3-10(8)11;1-8-6-7-11(12)10-5-3-2-4-9(8)10/h1-4,6-7,9,13H,5,12H2;2-7,12H,1H3. The van der Waals surface area contributed by atoms with Crippen LogP contribution in [0, 0.1) is 6.92 Å². The molecule has 3 aromatic carbocycles. The van der Waals surface area contributed by atoms with Gasteiger partial charge in [0.25, 0.3) is 0 Å². The van der Waals surface area contributed by atoms with Gasteiger partial charge in [-0.25, -0.2) is 0 Å². The summed E-state index contributed by atoms with van der Waals surface area (Å²) < 4.78 is 0. The molecule has 26 heavy (non-hydrogen) atoms. The molecule has 3 N–H and O–H groups in total. The molecule has 0 aliphatic heterocycles. The van der Waals surface area contributed by atoms with Gasteiger partial charge < -0.3 is 15.5 Å². The number of thiol groups is 1. The largest absolute Gasteiger partial charge is 0.361 e. The van der Waals surface area contributed by atoms with Crippen LogP contribution in [-0.2, 0) is 11.2 Å². The number of aromatic nitrogens is 1. The van der Waals surface area contributed by atoms with E-state index in [0.29, 0.717) is 6.42 Å². The molecule has 0 fully saturated rings. The Morgan fingerprint density at radius 1 is 1.00 bits per heavy atom. The summed E-state index contributed by atoms with van der Waals surface area (Å²) >= 11 is 4.40. The monoisotopic (exact) mass is 362 g/mol. The molecule has 0 amide bonds. The van der Waals surface area contributed by atoms with Gasteiger partial charge >= 0.3 is 0 Å². The van der Waals surface area contributed by atoms with E-state index >= 15 is 0 Å². The summed E-state index contributed by atoms with van der Waals surface area (Å²) in [6, 6.07) is 20.1. The van der Waals surface area contributed by atoms with E-state index in [9.17, 15) is 4.79 Å². The number of rotatable bonds is 3. The average Bonchev–Trinajstić information content (AvgIpc) is 3.08. The minimum atomic E-state index is -0.408. The molecular weight excluding hydrogens is 340 g/mol. The number of benzene rings is 3. The summed E-state index contributed by atoms with van der Waals surface area (Å²) in [5.74, 6) is 0. The number of aromatic amines is 1. The molecule has 132 valence electrons. The Labute approximate surface area is 158 Å². The van der Waals surface area contributed by atoms with Crippen LogP contribution in [0.4, 0.5) is 0 Å². The van der Waals surface area contributed by atoms with Gasteiger partial charge in [-0.15, -0.1) is 12.6 Å². The number of carbonyl (C=O) groups excluding carboxylic acids is 1. The quantitative estimate of drug-likeness (QED) is 0.366. The van der Waals surface area contributed by atoms with Crippen LogP contribution >= 0.6 is 12.6 Å². The zero-order valence-corrected chi connectivity index (χ0v) is 15.5. The summed E-state index contributed by atoms with van der Waals surface area (Å²) in [5.41, 5.74) is 9.06. The molecule has 3 nitrogen and oxygen atoms in total. The fraction of sp³-hybridized carbons (Fsp3) is 0.136. The van der Waals surface area contributed by atoms with E-state index in [2.05, 4.69) is 48.8 Å². The van der Waals surface area contributed by atoms with Crippen molar-refractivity contribution in [2.45, 2.75) is 24.3 Å². The number of hydrogen-bond acceptors (Lipinski definition) is 3. The van der Waals surface area contributed by atoms with E-state index in [4.69, 9.17) is 5.73 Å². The second-order valence-corrected chi connectivity index (χ2v) is 6.79. The van der Waals surface area contributed by atoms with Crippen molar-refractivity contribution in [3.8, 4) is 0 Å². The Kier molecular flexibility index (Phi) is 5.76. The van der Waals surface area contributed by atoms with Crippen LogP contribution < -0.4 is 5.73 Å². The predicted octanol–water partition coefficient (Wildman–Crippen LogP) is 4.67. The number of para-hydroxylation sites is 1. The third-order valence-corrected chi connectivity index (χ3v) is 4.81. The van der Waals surface area contributed by atoms with Gasteiger partial charge in [0, 0.05) is 22.0 Å². The normalized spacial score (nSPS) is 11.8. The Hall–Kier alpha value is -2.56. The molecule has 4 aromatic rings. The van der Waals surface area contributed by atoms with Gasteiger partial charge in [-0.2, -0.15) is 0 Å². The smallest absolute Gasteiger partial charge is 0.137 e. The number of aryl methyl sites for hydroxylation is 1. The van der Waals surface area contributed by atoms with Crippen LogP contribution in [0.1, 0.15) is 11.1 Å². The van der Waals surface area contributed by atoms with Crippen LogP contribution in [0.25, 0.3) is 21.7 Å². The SMILES string of the molecule is Cc1ccc(S)c2ccccc12.NC(C=O)Cc1c[nH]c2ccccc12. The lowest BCUT2D eigenvalue weighted by Crippen LogP contribution is -2.23. The highest BCUT2D eigenvalue weighted by atomic mass is 32.1. The van der Waals surface area contributed by atoms with E-state index in [-0.39, 0.29) is 0 Å². The maximum absolute atomic E-state index is 10.4. The molecular formula is C22H22N2OS. The summed E-state index contributed by atoms with van der Waals surface area (Å²) in [5, 5.41) is 3.68. The van der Waals surface area contributed by atoms with Gasteiger partial charge in [-0.3, -0.25) is 0 Å². The first-order valence-electron chi connectivity index (χ1n) is 8.53. The summed E-state index contributed by atoms with van der Waals surface area (Å²) in [4.78, 5) is 14.6. The van der Waals surface area contributed by atoms with Gasteiger partial charge in [-0.05, 0) is 47.4 Å². The van der Waals surface area contributed by atoms with Crippen molar-refractivity contribution in [3.05, 3.63) is 78.0 Å². The summed E-state index contributed by atoms with van der Waals surface area (Å²) in [7, 11) is 0. The molecule has 1 heterocycles. The number of hydrogen-bond donors (Lipinski definition) is 3. The number of H-pyrrole nitrogens is 1. The van der Waals surface area contributed by atoms with Gasteiger partial charge in [0.15, 0.2) is 0 Å². The first kappa shape index (κ1) is 18.2. The first-order valence-corrected chi connectivity index (χ1v) is 8.98. The van der Waals surface area contributed by atoms with E-state index in [1.54, 1.807) is 0 Å². The zero-order valence-electron chi connectivity index (χ0n) is 14.6. The summed E-state index contributed by atoms with van der Waals surface area (Å²) in [6.45, 7) is 2.12. The first-order chi connectivity index (χ1) is 12.6. The zero-order chi connectivity index (χ0) is 18.5. The Morgan fingerprint density at radius 3 is 2.35 bits per heavy atom. The van der Waals surface area contributed by atoms with Crippen molar-refractivity contribution in [3.63, 3.8) is 0 Å². The van der Waals surface area contributed by atoms with E-state index < -0.39 is 6.04 Å². The number of aldehydes is 1. The Bertz CT molecular complexity index is 998. The minimum Gasteiger partial charge on any atom is -0.361 e. The maximum atomic E-state index is 10.4. The highest BCUT2D eigenvalue weighted by Crippen LogP contribution is 2.24. The molecule has 0 aliphatic rings. The number of nitrogens with two attached hydrogens (primary N) is 1. The lowest BCUT2D eigenvalue weighted by atomic mass is 10.1. The highest BCUT2D eigenvalue weighted by Gasteiger charge is 2.06. The fourth-order valence-electron chi connectivity index (χ4n) is 3.04. The molecule has 4 heteroatoms. The van der Waals surface area contributed by atoms with Crippen molar-refractivity contribution < 1.29 is 4.79 Å². The molecule has 0 saturated heterocycles. The molecule has 1 unspecified atom stereocenters. The lowest BCUT2D eigenvalue weighted by molar-refractivity contribution is -0.108. The third-order valence-electron chi connectivity index (χ3n) is 4.42. The minimum absolute atomic E-state index is 0.408. The van der Waals surface area contributed by atoms with Crippen molar-refractivity contribution >= 4 is 40.6 Å². The second-order valence-electron chi connectivity index (χ2n) is 6.31. The van der Waals surface area contributed by atoms with Crippen molar-refractivity contribution in [1.29, 1.82) is 0 Å². The van der Waals surface area contributed by atoms with Gasteiger partial charge in [0.2, 0.25) is 0 Å². The van der Waals surface area contributed by atoms with E-state index in [0.717, 1.165) is 27.6 Å². The van der Waals surface area contributed by atoms with Crippen molar-refractivity contribution in [2.75, 3.05) is 0 Å². The molecule has 4 rings (SSSR count). The molecule has 0 spiro atoms.